The van der Waals surface area contributed by atoms with Crippen molar-refractivity contribution in [2.75, 3.05) is 19.1 Å². The predicted octanol–water partition coefficient (Wildman–Crippen LogP) is 2.08. The van der Waals surface area contributed by atoms with Crippen molar-refractivity contribution < 1.29 is 9.47 Å². The summed E-state index contributed by atoms with van der Waals surface area (Å²) < 4.78 is 12.6. The zero-order valence-electron chi connectivity index (χ0n) is 10.8. The number of ether oxygens (including phenoxy) is 2. The molecule has 1 N–H and O–H groups in total. The molecule has 7 heteroatoms. The van der Waals surface area contributed by atoms with Crippen molar-refractivity contribution in [3.8, 4) is 11.5 Å². The Kier molecular flexibility index (Phi) is 4.46. The number of aromatic nitrogens is 3. The predicted molar refractivity (Wildman–Crippen MR) is 72.3 cm³/mol. The molecule has 0 bridgehead atoms. The van der Waals surface area contributed by atoms with Gasteiger partial charge >= 0.3 is 0 Å². The molecule has 0 saturated heterocycles. The quantitative estimate of drug-likeness (QED) is 0.879. The second-order valence-electron chi connectivity index (χ2n) is 3.73. The Hall–Kier alpha value is -1.95. The van der Waals surface area contributed by atoms with Gasteiger partial charge in [-0.15, -0.1) is 10.2 Å². The molecule has 2 aromatic rings. The number of halogens is 1. The van der Waals surface area contributed by atoms with Gasteiger partial charge in [0, 0.05) is 16.7 Å². The van der Waals surface area contributed by atoms with E-state index in [2.05, 4.69) is 15.6 Å². The van der Waals surface area contributed by atoms with Gasteiger partial charge in [-0.25, -0.2) is 4.68 Å². The molecule has 2 rings (SSSR count). The highest BCUT2D eigenvalue weighted by Crippen LogP contribution is 2.34. The van der Waals surface area contributed by atoms with Crippen molar-refractivity contribution in [3.63, 3.8) is 0 Å². The molecule has 0 aliphatic carbocycles. The lowest BCUT2D eigenvalue weighted by Crippen LogP contribution is -2.13. The molecular formula is C12H15ClN4O2. The van der Waals surface area contributed by atoms with Gasteiger partial charge in [0.15, 0.2) is 11.5 Å². The van der Waals surface area contributed by atoms with Gasteiger partial charge in [0.1, 0.15) is 12.7 Å². The van der Waals surface area contributed by atoms with Gasteiger partial charge in [-0.05, 0) is 13.0 Å². The SMILES string of the molecule is CCOc1c(CNn2cnnc2)cc(Cl)cc1OC. The molecule has 0 spiro atoms. The van der Waals surface area contributed by atoms with Crippen molar-refractivity contribution in [1.82, 2.24) is 14.9 Å². The molecule has 6 nitrogen and oxygen atoms in total. The van der Waals surface area contributed by atoms with Gasteiger partial charge in [-0.2, -0.15) is 0 Å². The summed E-state index contributed by atoms with van der Waals surface area (Å²) >= 11 is 6.07. The first-order valence-electron chi connectivity index (χ1n) is 5.82. The molecule has 0 fully saturated rings. The number of rotatable bonds is 6. The molecule has 1 aromatic heterocycles. The van der Waals surface area contributed by atoms with Crippen molar-refractivity contribution in [1.29, 1.82) is 0 Å². The van der Waals surface area contributed by atoms with Crippen molar-refractivity contribution >= 4 is 11.6 Å². The Morgan fingerprint density at radius 1 is 1.32 bits per heavy atom. The maximum Gasteiger partial charge on any atom is 0.166 e. The van der Waals surface area contributed by atoms with Crippen LogP contribution in [0.1, 0.15) is 12.5 Å². The summed E-state index contributed by atoms with van der Waals surface area (Å²) in [6.45, 7) is 2.99. The lowest BCUT2D eigenvalue weighted by atomic mass is 10.2. The van der Waals surface area contributed by atoms with Crippen LogP contribution in [0.5, 0.6) is 11.5 Å². The van der Waals surface area contributed by atoms with E-state index in [1.54, 1.807) is 30.5 Å². The summed E-state index contributed by atoms with van der Waals surface area (Å²) in [4.78, 5) is 0. The Labute approximate surface area is 116 Å². The minimum Gasteiger partial charge on any atom is -0.493 e. The van der Waals surface area contributed by atoms with E-state index in [1.165, 1.54) is 0 Å². The number of hydrogen-bond acceptors (Lipinski definition) is 5. The van der Waals surface area contributed by atoms with Crippen LogP contribution in [0, 0.1) is 0 Å². The number of nitrogens with zero attached hydrogens (tertiary/aromatic N) is 3. The van der Waals surface area contributed by atoms with Gasteiger partial charge in [-0.3, -0.25) is 0 Å². The standard InChI is InChI=1S/C12H15ClN4O2/c1-3-19-12-9(4-10(13)5-11(12)18-2)6-16-17-7-14-15-8-17/h4-5,7-8,16H,3,6H2,1-2H3. The molecule has 102 valence electrons. The normalized spacial score (nSPS) is 10.3. The summed E-state index contributed by atoms with van der Waals surface area (Å²) in [7, 11) is 1.59. The van der Waals surface area contributed by atoms with Gasteiger partial charge in [0.25, 0.3) is 0 Å². The van der Waals surface area contributed by atoms with Crippen LogP contribution in [-0.4, -0.2) is 28.6 Å². The Morgan fingerprint density at radius 2 is 2.05 bits per heavy atom. The van der Waals surface area contributed by atoms with Gasteiger partial charge in [0.05, 0.1) is 20.3 Å². The topological polar surface area (TPSA) is 61.2 Å². The maximum absolute atomic E-state index is 6.07. The fraction of sp³-hybridized carbons (Fsp3) is 0.333. The van der Waals surface area contributed by atoms with E-state index in [0.29, 0.717) is 29.7 Å². The van der Waals surface area contributed by atoms with Crippen LogP contribution in [-0.2, 0) is 6.54 Å². The lowest BCUT2D eigenvalue weighted by molar-refractivity contribution is 0.307. The molecule has 0 radical (unpaired) electrons. The molecule has 0 atom stereocenters. The molecule has 0 aliphatic heterocycles. The van der Waals surface area contributed by atoms with E-state index in [0.717, 1.165) is 5.56 Å². The van der Waals surface area contributed by atoms with E-state index >= 15 is 0 Å². The average molecular weight is 283 g/mol. The highest BCUT2D eigenvalue weighted by atomic mass is 35.5. The lowest BCUT2D eigenvalue weighted by Gasteiger charge is -2.15. The molecule has 0 aliphatic rings. The number of nitrogens with one attached hydrogen (secondary N) is 1. The summed E-state index contributed by atoms with van der Waals surface area (Å²) in [5.74, 6) is 1.31. The van der Waals surface area contributed by atoms with Crippen LogP contribution in [0.15, 0.2) is 24.8 Å². The Balaban J connectivity index is 2.23. The maximum atomic E-state index is 6.07. The summed E-state index contributed by atoms with van der Waals surface area (Å²) in [6, 6.07) is 3.57. The second-order valence-corrected chi connectivity index (χ2v) is 4.17. The Morgan fingerprint density at radius 3 is 2.68 bits per heavy atom. The molecular weight excluding hydrogens is 268 g/mol. The smallest absolute Gasteiger partial charge is 0.166 e. The molecule has 0 amide bonds. The molecule has 0 saturated carbocycles. The van der Waals surface area contributed by atoms with Crippen molar-refractivity contribution in [2.45, 2.75) is 13.5 Å². The summed E-state index contributed by atoms with van der Waals surface area (Å²) in [5.41, 5.74) is 4.02. The zero-order chi connectivity index (χ0) is 13.7. The second kappa shape index (κ2) is 6.29. The van der Waals surface area contributed by atoms with Crippen LogP contribution in [0.4, 0.5) is 0 Å². The van der Waals surface area contributed by atoms with Crippen LogP contribution in [0.2, 0.25) is 5.02 Å². The first kappa shape index (κ1) is 13.5. The third-order valence-electron chi connectivity index (χ3n) is 2.48. The van der Waals surface area contributed by atoms with Crippen molar-refractivity contribution in [2.24, 2.45) is 0 Å². The van der Waals surface area contributed by atoms with E-state index in [9.17, 15) is 0 Å². The largest absolute Gasteiger partial charge is 0.493 e. The summed E-state index contributed by atoms with van der Waals surface area (Å²) in [5, 5.41) is 8.02. The van der Waals surface area contributed by atoms with E-state index in [-0.39, 0.29) is 0 Å². The third kappa shape index (κ3) is 3.29. The highest BCUT2D eigenvalue weighted by molar-refractivity contribution is 6.30. The van der Waals surface area contributed by atoms with Crippen LogP contribution < -0.4 is 14.9 Å². The number of methoxy groups -OCH3 is 1. The highest BCUT2D eigenvalue weighted by Gasteiger charge is 2.12. The fourth-order valence-electron chi connectivity index (χ4n) is 1.67. The zero-order valence-corrected chi connectivity index (χ0v) is 11.5. The molecule has 0 unspecified atom stereocenters. The van der Waals surface area contributed by atoms with Gasteiger partial charge in [-0.1, -0.05) is 11.6 Å². The number of benzene rings is 1. The minimum atomic E-state index is 0.518. The number of hydrogen-bond donors (Lipinski definition) is 1. The van der Waals surface area contributed by atoms with Gasteiger partial charge in [0.2, 0.25) is 0 Å². The van der Waals surface area contributed by atoms with Crippen LogP contribution >= 0.6 is 11.6 Å². The summed E-state index contributed by atoms with van der Waals surface area (Å²) in [6.07, 6.45) is 3.14. The molecule has 19 heavy (non-hydrogen) atoms. The molecule has 1 aromatic carbocycles. The minimum absolute atomic E-state index is 0.518. The monoisotopic (exact) mass is 282 g/mol. The fourth-order valence-corrected chi connectivity index (χ4v) is 1.90. The molecule has 1 heterocycles. The third-order valence-corrected chi connectivity index (χ3v) is 2.69. The van der Waals surface area contributed by atoms with E-state index in [1.807, 2.05) is 13.0 Å². The van der Waals surface area contributed by atoms with Crippen LogP contribution in [0.3, 0.4) is 0 Å². The van der Waals surface area contributed by atoms with E-state index < -0.39 is 0 Å². The van der Waals surface area contributed by atoms with Gasteiger partial charge < -0.3 is 14.9 Å². The average Bonchev–Trinajstić information content (AvgIpc) is 2.91. The first-order chi connectivity index (χ1) is 9.24. The van der Waals surface area contributed by atoms with E-state index in [4.69, 9.17) is 21.1 Å². The van der Waals surface area contributed by atoms with Crippen LogP contribution in [0.25, 0.3) is 0 Å². The Bertz CT molecular complexity index is 531. The first-order valence-corrected chi connectivity index (χ1v) is 6.20. The van der Waals surface area contributed by atoms with Crippen molar-refractivity contribution in [3.05, 3.63) is 35.4 Å².